The van der Waals surface area contributed by atoms with Gasteiger partial charge in [0, 0.05) is 5.69 Å². The standard InChI is InChI=1S/C12H13BrN2O5/c1-18-10-3-2-7(4-9(10)13)15-5-8(20-12(15)17)6-19-11(14)16/h2-4,8H,5-6H2,1H3,(H2,14,16). The lowest BCUT2D eigenvalue weighted by Crippen LogP contribution is -2.27. The van der Waals surface area contributed by atoms with E-state index in [0.717, 1.165) is 4.47 Å². The van der Waals surface area contributed by atoms with Gasteiger partial charge in [0.1, 0.15) is 12.4 Å². The molecule has 108 valence electrons. The maximum absolute atomic E-state index is 11.8. The SMILES string of the molecule is COc1ccc(N2CC(COC(N)=O)OC2=O)cc1Br. The lowest BCUT2D eigenvalue weighted by Gasteiger charge is -2.14. The van der Waals surface area contributed by atoms with Gasteiger partial charge in [0.05, 0.1) is 18.1 Å². The van der Waals surface area contributed by atoms with Crippen LogP contribution in [0.5, 0.6) is 5.75 Å². The second-order valence-electron chi connectivity index (χ2n) is 4.07. The fourth-order valence-electron chi connectivity index (χ4n) is 1.82. The van der Waals surface area contributed by atoms with Gasteiger partial charge in [-0.15, -0.1) is 0 Å². The van der Waals surface area contributed by atoms with Gasteiger partial charge in [-0.3, -0.25) is 4.90 Å². The summed E-state index contributed by atoms with van der Waals surface area (Å²) < 4.78 is 15.6. The van der Waals surface area contributed by atoms with Crippen molar-refractivity contribution in [3.05, 3.63) is 22.7 Å². The number of cyclic esters (lactones) is 1. The van der Waals surface area contributed by atoms with E-state index in [4.69, 9.17) is 15.2 Å². The Kier molecular flexibility index (Phi) is 4.33. The number of amides is 2. The van der Waals surface area contributed by atoms with Gasteiger partial charge >= 0.3 is 12.2 Å². The number of nitrogens with two attached hydrogens (primary N) is 1. The molecular weight excluding hydrogens is 332 g/mol. The highest BCUT2D eigenvalue weighted by atomic mass is 79.9. The molecule has 20 heavy (non-hydrogen) atoms. The molecule has 1 aliphatic rings. The third kappa shape index (κ3) is 3.13. The molecule has 0 radical (unpaired) electrons. The molecule has 2 N–H and O–H groups in total. The number of nitrogens with zero attached hydrogens (tertiary/aromatic N) is 1. The van der Waals surface area contributed by atoms with E-state index in [0.29, 0.717) is 11.4 Å². The van der Waals surface area contributed by atoms with Crippen LogP contribution >= 0.6 is 15.9 Å². The highest BCUT2D eigenvalue weighted by Crippen LogP contribution is 2.31. The summed E-state index contributed by atoms with van der Waals surface area (Å²) in [5, 5.41) is 0. The van der Waals surface area contributed by atoms with Gasteiger partial charge in [-0.1, -0.05) is 0 Å². The minimum absolute atomic E-state index is 0.0606. The van der Waals surface area contributed by atoms with Crippen LogP contribution in [0.3, 0.4) is 0 Å². The molecule has 1 atom stereocenters. The molecule has 1 saturated heterocycles. The van der Waals surface area contributed by atoms with Gasteiger partial charge in [0.15, 0.2) is 6.10 Å². The Hall–Kier alpha value is -1.96. The first kappa shape index (κ1) is 14.4. The molecule has 0 bridgehead atoms. The maximum Gasteiger partial charge on any atom is 0.414 e. The van der Waals surface area contributed by atoms with Crippen molar-refractivity contribution < 1.29 is 23.8 Å². The summed E-state index contributed by atoms with van der Waals surface area (Å²) in [5.74, 6) is 0.662. The monoisotopic (exact) mass is 344 g/mol. The van der Waals surface area contributed by atoms with Crippen molar-refractivity contribution in [2.24, 2.45) is 5.73 Å². The minimum Gasteiger partial charge on any atom is -0.496 e. The van der Waals surface area contributed by atoms with Crippen LogP contribution in [0.1, 0.15) is 0 Å². The lowest BCUT2D eigenvalue weighted by atomic mass is 10.2. The number of hydrogen-bond acceptors (Lipinski definition) is 5. The van der Waals surface area contributed by atoms with Crippen molar-refractivity contribution in [2.75, 3.05) is 25.2 Å². The van der Waals surface area contributed by atoms with Crippen molar-refractivity contribution in [3.63, 3.8) is 0 Å². The van der Waals surface area contributed by atoms with Crippen LogP contribution in [-0.2, 0) is 9.47 Å². The molecule has 8 heteroatoms. The van der Waals surface area contributed by atoms with Crippen LogP contribution in [0.25, 0.3) is 0 Å². The van der Waals surface area contributed by atoms with Crippen LogP contribution in [-0.4, -0.2) is 38.6 Å². The molecule has 1 heterocycles. The average Bonchev–Trinajstić information content (AvgIpc) is 2.77. The van der Waals surface area contributed by atoms with Gasteiger partial charge < -0.3 is 19.9 Å². The van der Waals surface area contributed by atoms with E-state index < -0.39 is 18.3 Å². The molecule has 1 aromatic carbocycles. The van der Waals surface area contributed by atoms with Crippen molar-refractivity contribution in [1.29, 1.82) is 0 Å². The Morgan fingerprint density at radius 2 is 2.35 bits per heavy atom. The van der Waals surface area contributed by atoms with Gasteiger partial charge in [0.2, 0.25) is 0 Å². The highest BCUT2D eigenvalue weighted by Gasteiger charge is 2.33. The number of benzene rings is 1. The van der Waals surface area contributed by atoms with E-state index in [1.54, 1.807) is 25.3 Å². The summed E-state index contributed by atoms with van der Waals surface area (Å²) in [5.41, 5.74) is 5.52. The zero-order valence-corrected chi connectivity index (χ0v) is 12.3. The summed E-state index contributed by atoms with van der Waals surface area (Å²) in [7, 11) is 1.56. The first-order valence-corrected chi connectivity index (χ1v) is 6.54. The molecule has 2 amide bonds. The Bertz CT molecular complexity index is 537. The predicted octanol–water partition coefficient (Wildman–Crippen LogP) is 1.88. The van der Waals surface area contributed by atoms with Gasteiger partial charge in [-0.25, -0.2) is 9.59 Å². The van der Waals surface area contributed by atoms with E-state index in [9.17, 15) is 9.59 Å². The van der Waals surface area contributed by atoms with Crippen LogP contribution < -0.4 is 15.4 Å². The summed E-state index contributed by atoms with van der Waals surface area (Å²) in [6.45, 7) is 0.222. The quantitative estimate of drug-likeness (QED) is 0.900. The van der Waals surface area contributed by atoms with Crippen molar-refractivity contribution >= 4 is 33.8 Å². The third-order valence-corrected chi connectivity index (χ3v) is 3.35. The smallest absolute Gasteiger partial charge is 0.414 e. The van der Waals surface area contributed by atoms with E-state index in [-0.39, 0.29) is 13.2 Å². The van der Waals surface area contributed by atoms with Gasteiger partial charge in [0.25, 0.3) is 0 Å². The number of halogens is 1. The van der Waals surface area contributed by atoms with E-state index in [1.807, 2.05) is 0 Å². The van der Waals surface area contributed by atoms with Crippen molar-refractivity contribution in [2.45, 2.75) is 6.10 Å². The summed E-state index contributed by atoms with van der Waals surface area (Å²) in [4.78, 5) is 23.8. The van der Waals surface area contributed by atoms with Crippen molar-refractivity contribution in [1.82, 2.24) is 0 Å². The first-order valence-electron chi connectivity index (χ1n) is 5.75. The van der Waals surface area contributed by atoms with Crippen LogP contribution in [0.2, 0.25) is 0 Å². The number of methoxy groups -OCH3 is 1. The summed E-state index contributed by atoms with van der Waals surface area (Å²) in [6, 6.07) is 5.22. The molecule has 7 nitrogen and oxygen atoms in total. The fourth-order valence-corrected chi connectivity index (χ4v) is 2.35. The number of ether oxygens (including phenoxy) is 3. The first-order chi connectivity index (χ1) is 9.51. The van der Waals surface area contributed by atoms with E-state index in [2.05, 4.69) is 20.7 Å². The molecule has 0 aromatic heterocycles. The Labute approximate surface area is 123 Å². The largest absolute Gasteiger partial charge is 0.496 e. The predicted molar refractivity (Wildman–Crippen MR) is 73.8 cm³/mol. The number of hydrogen-bond donors (Lipinski definition) is 1. The number of rotatable bonds is 4. The molecule has 1 fully saturated rings. The molecule has 0 saturated carbocycles. The molecule has 1 unspecified atom stereocenters. The number of anilines is 1. The summed E-state index contributed by atoms with van der Waals surface area (Å²) in [6.07, 6.45) is -1.93. The Balaban J connectivity index is 2.07. The molecular formula is C12H13BrN2O5. The van der Waals surface area contributed by atoms with Gasteiger partial charge in [-0.2, -0.15) is 0 Å². The average molecular weight is 345 g/mol. The zero-order valence-electron chi connectivity index (χ0n) is 10.7. The zero-order chi connectivity index (χ0) is 14.7. The second kappa shape index (κ2) is 6.00. The molecule has 2 rings (SSSR count). The summed E-state index contributed by atoms with van der Waals surface area (Å²) >= 11 is 3.35. The maximum atomic E-state index is 11.8. The van der Waals surface area contributed by atoms with Crippen LogP contribution in [0.4, 0.5) is 15.3 Å². The van der Waals surface area contributed by atoms with Crippen LogP contribution in [0.15, 0.2) is 22.7 Å². The highest BCUT2D eigenvalue weighted by molar-refractivity contribution is 9.10. The van der Waals surface area contributed by atoms with E-state index >= 15 is 0 Å². The second-order valence-corrected chi connectivity index (χ2v) is 4.92. The van der Waals surface area contributed by atoms with Crippen molar-refractivity contribution in [3.8, 4) is 5.75 Å². The topological polar surface area (TPSA) is 91.1 Å². The Morgan fingerprint density at radius 3 is 2.95 bits per heavy atom. The Morgan fingerprint density at radius 1 is 1.60 bits per heavy atom. The third-order valence-electron chi connectivity index (χ3n) is 2.73. The molecule has 0 aliphatic carbocycles. The molecule has 1 aliphatic heterocycles. The minimum atomic E-state index is -0.897. The fraction of sp³-hybridized carbons (Fsp3) is 0.333. The number of carbonyl (C=O) groups excluding carboxylic acids is 2. The van der Waals surface area contributed by atoms with E-state index in [1.165, 1.54) is 4.90 Å². The molecule has 1 aromatic rings. The molecule has 0 spiro atoms. The van der Waals surface area contributed by atoms with Crippen LogP contribution in [0, 0.1) is 0 Å². The number of carbonyl (C=O) groups is 2. The lowest BCUT2D eigenvalue weighted by molar-refractivity contribution is 0.0779. The number of primary amides is 1. The normalized spacial score (nSPS) is 17.8. The van der Waals surface area contributed by atoms with Gasteiger partial charge in [-0.05, 0) is 34.1 Å².